The SMILES string of the molecule is CC1CCCCN1C(=O)Cn1cc(C2C(C#N)=C(N)OC3=C2C(=O)CC(C)(C)C3)c2cc(Br)ccc21. The average molecular weight is 551 g/mol. The third kappa shape index (κ3) is 4.24. The molecule has 7 nitrogen and oxygen atoms in total. The van der Waals surface area contributed by atoms with Gasteiger partial charge in [-0.05, 0) is 55.4 Å². The van der Waals surface area contributed by atoms with Crippen molar-refractivity contribution in [3.05, 3.63) is 57.2 Å². The van der Waals surface area contributed by atoms with Gasteiger partial charge >= 0.3 is 0 Å². The van der Waals surface area contributed by atoms with Crippen LogP contribution in [0.5, 0.6) is 0 Å². The van der Waals surface area contributed by atoms with Gasteiger partial charge in [0.25, 0.3) is 0 Å². The van der Waals surface area contributed by atoms with Crippen LogP contribution >= 0.6 is 15.9 Å². The van der Waals surface area contributed by atoms with Crippen LogP contribution in [0.1, 0.15) is 64.4 Å². The van der Waals surface area contributed by atoms with Crippen LogP contribution in [0.25, 0.3) is 10.9 Å². The quantitative estimate of drug-likeness (QED) is 0.561. The van der Waals surface area contributed by atoms with E-state index in [9.17, 15) is 14.9 Å². The van der Waals surface area contributed by atoms with Crippen LogP contribution in [-0.2, 0) is 20.9 Å². The van der Waals surface area contributed by atoms with Crippen molar-refractivity contribution in [1.29, 1.82) is 5.26 Å². The van der Waals surface area contributed by atoms with Crippen LogP contribution in [0, 0.1) is 16.7 Å². The number of halogens is 1. The molecule has 2 unspecified atom stereocenters. The number of ether oxygens (including phenoxy) is 1. The van der Waals surface area contributed by atoms with Gasteiger partial charge in [-0.25, -0.2) is 0 Å². The second-order valence-corrected chi connectivity index (χ2v) is 11.9. The number of amides is 1. The van der Waals surface area contributed by atoms with Crippen molar-refractivity contribution in [1.82, 2.24) is 9.47 Å². The third-order valence-corrected chi connectivity index (χ3v) is 8.18. The minimum absolute atomic E-state index is 0.0272. The molecule has 36 heavy (non-hydrogen) atoms. The van der Waals surface area contributed by atoms with Crippen LogP contribution in [0.15, 0.2) is 51.7 Å². The largest absolute Gasteiger partial charge is 0.444 e. The average Bonchev–Trinajstić information content (AvgIpc) is 3.14. The lowest BCUT2D eigenvalue weighted by Gasteiger charge is -2.37. The number of carbonyl (C=O) groups excluding carboxylic acids is 2. The molecule has 8 heteroatoms. The molecular formula is C28H31BrN4O3. The first-order chi connectivity index (χ1) is 17.1. The van der Waals surface area contributed by atoms with Crippen LogP contribution in [0.4, 0.5) is 0 Å². The van der Waals surface area contributed by atoms with Crippen molar-refractivity contribution in [2.45, 2.75) is 71.4 Å². The molecule has 5 rings (SSSR count). The van der Waals surface area contributed by atoms with E-state index in [1.807, 2.05) is 47.7 Å². The number of nitrogens with two attached hydrogens (primary N) is 1. The topological polar surface area (TPSA) is 101 Å². The molecule has 2 atom stereocenters. The number of hydrogen-bond acceptors (Lipinski definition) is 5. The van der Waals surface area contributed by atoms with E-state index >= 15 is 0 Å². The van der Waals surface area contributed by atoms with Crippen molar-refractivity contribution >= 4 is 38.5 Å². The fourth-order valence-corrected chi connectivity index (χ4v) is 6.32. The molecule has 0 radical (unpaired) electrons. The summed E-state index contributed by atoms with van der Waals surface area (Å²) in [7, 11) is 0. The van der Waals surface area contributed by atoms with Gasteiger partial charge in [-0.2, -0.15) is 5.26 Å². The number of ketones is 1. The first kappa shape index (κ1) is 24.6. The Hall–Kier alpha value is -3.05. The predicted molar refractivity (Wildman–Crippen MR) is 140 cm³/mol. The Kier molecular flexibility index (Phi) is 6.24. The van der Waals surface area contributed by atoms with Gasteiger partial charge in [0.15, 0.2) is 5.78 Å². The summed E-state index contributed by atoms with van der Waals surface area (Å²) in [5.74, 6) is 0.00395. The van der Waals surface area contributed by atoms with Gasteiger partial charge in [0.2, 0.25) is 11.8 Å². The summed E-state index contributed by atoms with van der Waals surface area (Å²) in [6.45, 7) is 7.13. The number of Topliss-reactive ketones (excluding diaryl/α,β-unsaturated/α-hetero) is 1. The summed E-state index contributed by atoms with van der Waals surface area (Å²) >= 11 is 3.57. The molecule has 3 aliphatic rings. The fourth-order valence-electron chi connectivity index (χ4n) is 5.96. The Morgan fingerprint density at radius 3 is 2.81 bits per heavy atom. The molecule has 1 fully saturated rings. The first-order valence-corrected chi connectivity index (χ1v) is 13.3. The lowest BCUT2D eigenvalue weighted by molar-refractivity contribution is -0.135. The molecule has 3 heterocycles. The van der Waals surface area contributed by atoms with E-state index in [1.165, 1.54) is 0 Å². The number of piperidine rings is 1. The van der Waals surface area contributed by atoms with Crippen LogP contribution < -0.4 is 5.73 Å². The normalized spacial score (nSPS) is 24.0. The highest BCUT2D eigenvalue weighted by Gasteiger charge is 2.44. The minimum atomic E-state index is -0.635. The smallest absolute Gasteiger partial charge is 0.242 e. The molecule has 0 spiro atoms. The van der Waals surface area contributed by atoms with Gasteiger partial charge < -0.3 is 19.9 Å². The summed E-state index contributed by atoms with van der Waals surface area (Å²) in [5.41, 5.74) is 8.40. The molecular weight excluding hydrogens is 520 g/mol. The van der Waals surface area contributed by atoms with Crippen LogP contribution in [0.2, 0.25) is 0 Å². The summed E-state index contributed by atoms with van der Waals surface area (Å²) in [6, 6.07) is 8.32. The van der Waals surface area contributed by atoms with Crippen molar-refractivity contribution in [2.75, 3.05) is 6.54 Å². The zero-order valence-electron chi connectivity index (χ0n) is 20.9. The first-order valence-electron chi connectivity index (χ1n) is 12.5. The number of rotatable bonds is 3. The summed E-state index contributed by atoms with van der Waals surface area (Å²) < 4.78 is 8.68. The van der Waals surface area contributed by atoms with Crippen LogP contribution in [-0.4, -0.2) is 33.7 Å². The lowest BCUT2D eigenvalue weighted by Crippen LogP contribution is -2.43. The number of hydrogen-bond donors (Lipinski definition) is 1. The minimum Gasteiger partial charge on any atom is -0.444 e. The maximum Gasteiger partial charge on any atom is 0.242 e. The Labute approximate surface area is 219 Å². The molecule has 0 bridgehead atoms. The van der Waals surface area contributed by atoms with Gasteiger partial charge in [-0.15, -0.1) is 0 Å². The number of allylic oxidation sites excluding steroid dienone is 3. The maximum atomic E-state index is 13.4. The van der Waals surface area contributed by atoms with Crippen molar-refractivity contribution in [2.24, 2.45) is 11.1 Å². The highest BCUT2D eigenvalue weighted by Crippen LogP contribution is 2.49. The van der Waals surface area contributed by atoms with E-state index in [-0.39, 0.29) is 41.1 Å². The van der Waals surface area contributed by atoms with Crippen molar-refractivity contribution in [3.8, 4) is 6.07 Å². The van der Waals surface area contributed by atoms with Gasteiger partial charge in [-0.3, -0.25) is 9.59 Å². The molecule has 1 amide bonds. The number of fused-ring (bicyclic) bond motifs is 1. The second-order valence-electron chi connectivity index (χ2n) is 11.0. The Morgan fingerprint density at radius 2 is 2.08 bits per heavy atom. The molecule has 0 saturated carbocycles. The van der Waals surface area contributed by atoms with E-state index in [4.69, 9.17) is 10.5 Å². The predicted octanol–water partition coefficient (Wildman–Crippen LogP) is 5.26. The van der Waals surface area contributed by atoms with Gasteiger partial charge in [0.05, 0.1) is 5.92 Å². The molecule has 2 aliphatic heterocycles. The van der Waals surface area contributed by atoms with Crippen molar-refractivity contribution < 1.29 is 14.3 Å². The highest BCUT2D eigenvalue weighted by molar-refractivity contribution is 9.10. The zero-order chi connectivity index (χ0) is 25.8. The maximum absolute atomic E-state index is 13.4. The second kappa shape index (κ2) is 9.11. The van der Waals surface area contributed by atoms with Gasteiger partial charge in [0, 0.05) is 52.6 Å². The number of carbonyl (C=O) groups is 2. The molecule has 1 saturated heterocycles. The monoisotopic (exact) mass is 550 g/mol. The molecule has 2 N–H and O–H groups in total. The van der Waals surface area contributed by atoms with Crippen molar-refractivity contribution in [3.63, 3.8) is 0 Å². The molecule has 1 aromatic heterocycles. The number of benzene rings is 1. The number of nitriles is 1. The van der Waals surface area contributed by atoms with E-state index in [0.29, 0.717) is 24.2 Å². The molecule has 188 valence electrons. The number of nitrogens with zero attached hydrogens (tertiary/aromatic N) is 3. The Morgan fingerprint density at radius 1 is 1.31 bits per heavy atom. The standard InChI is InChI=1S/C28H31BrN4O3/c1-16-6-4-5-9-33(16)24(35)15-32-14-20(18-10-17(29)7-8-21(18)32)25-19(13-30)27(31)36-23-12-28(2,3)11-22(34)26(23)25/h7-8,10,14,16,25H,4-6,9,11-12,15,31H2,1-3H3. The zero-order valence-corrected chi connectivity index (χ0v) is 22.5. The third-order valence-electron chi connectivity index (χ3n) is 7.69. The van der Waals surface area contributed by atoms with E-state index in [0.717, 1.165) is 46.7 Å². The number of likely N-dealkylation sites (tertiary alicyclic amines) is 1. The van der Waals surface area contributed by atoms with Crippen LogP contribution in [0.3, 0.4) is 0 Å². The van der Waals surface area contributed by atoms with Gasteiger partial charge in [0.1, 0.15) is 23.9 Å². The van der Waals surface area contributed by atoms with E-state index in [1.54, 1.807) is 0 Å². The fraction of sp³-hybridized carbons (Fsp3) is 0.464. The number of aromatic nitrogens is 1. The molecule has 1 aliphatic carbocycles. The highest BCUT2D eigenvalue weighted by atomic mass is 79.9. The lowest BCUT2D eigenvalue weighted by atomic mass is 9.70. The molecule has 1 aromatic carbocycles. The summed E-state index contributed by atoms with van der Waals surface area (Å²) in [5, 5.41) is 10.9. The summed E-state index contributed by atoms with van der Waals surface area (Å²) in [6.07, 6.45) is 6.04. The Balaban J connectivity index is 1.64. The van der Waals surface area contributed by atoms with Gasteiger partial charge in [-0.1, -0.05) is 29.8 Å². The Bertz CT molecular complexity index is 1380. The van der Waals surface area contributed by atoms with E-state index in [2.05, 4.69) is 28.9 Å². The summed E-state index contributed by atoms with van der Waals surface area (Å²) in [4.78, 5) is 28.7. The molecule has 2 aromatic rings. The van der Waals surface area contributed by atoms with E-state index < -0.39 is 5.92 Å².